The summed E-state index contributed by atoms with van der Waals surface area (Å²) in [6.45, 7) is 0.113. The third kappa shape index (κ3) is 8.02. The first-order valence-electron chi connectivity index (χ1n) is 19.9. The van der Waals surface area contributed by atoms with Crippen LogP contribution in [0.4, 0.5) is 5.69 Å². The molecule has 7 rings (SSSR count). The molecule has 11 N–H and O–H groups in total. The number of hydrogen-bond donors (Lipinski definition) is 10. The summed E-state index contributed by atoms with van der Waals surface area (Å²) in [6, 6.07) is 14.8. The number of carboxylic acid groups (broad SMARTS) is 1. The molecule has 17 heteroatoms. The molecule has 60 heavy (non-hydrogen) atoms. The van der Waals surface area contributed by atoms with E-state index in [0.717, 1.165) is 34.4 Å². The van der Waals surface area contributed by atoms with E-state index in [4.69, 9.17) is 15.2 Å². The lowest BCUT2D eigenvalue weighted by Crippen LogP contribution is -2.67. The van der Waals surface area contributed by atoms with Crippen LogP contribution < -0.4 is 20.7 Å². The lowest BCUT2D eigenvalue weighted by Gasteiger charge is -2.44. The van der Waals surface area contributed by atoms with Gasteiger partial charge in [-0.2, -0.15) is 0 Å². The summed E-state index contributed by atoms with van der Waals surface area (Å²) in [5.74, 6) is -7.35. The van der Waals surface area contributed by atoms with E-state index < -0.39 is 77.7 Å². The van der Waals surface area contributed by atoms with Gasteiger partial charge in [-0.25, -0.2) is 4.79 Å². The largest absolute Gasteiger partial charge is 0.508 e. The number of benzene rings is 3. The molecule has 1 saturated heterocycles. The highest BCUT2D eigenvalue weighted by Gasteiger charge is 2.56. The number of aliphatic carboxylic acids is 1. The van der Waals surface area contributed by atoms with Crippen molar-refractivity contribution in [3.05, 3.63) is 89.0 Å². The van der Waals surface area contributed by atoms with Gasteiger partial charge in [-0.3, -0.25) is 19.7 Å². The normalized spacial score (nSPS) is 30.1. The van der Waals surface area contributed by atoms with Gasteiger partial charge in [0.05, 0.1) is 23.7 Å². The average molecular weight is 830 g/mol. The Morgan fingerprint density at radius 1 is 1.03 bits per heavy atom. The first kappa shape index (κ1) is 42.9. The summed E-state index contributed by atoms with van der Waals surface area (Å²) in [5.41, 5.74) is 9.95. The molecule has 1 aliphatic carbocycles. The maximum absolute atomic E-state index is 14.5. The Hall–Kier alpha value is -5.24. The molecule has 0 aromatic heterocycles. The molecule has 3 aromatic rings. The van der Waals surface area contributed by atoms with Crippen molar-refractivity contribution in [3.8, 4) is 17.2 Å². The van der Waals surface area contributed by atoms with Gasteiger partial charge >= 0.3 is 11.9 Å². The van der Waals surface area contributed by atoms with Crippen LogP contribution in [0.1, 0.15) is 60.3 Å². The summed E-state index contributed by atoms with van der Waals surface area (Å²) in [4.78, 5) is 37.9. The maximum Gasteiger partial charge on any atom is 0.355 e. The molecule has 3 aliphatic heterocycles. The predicted octanol–water partition coefficient (Wildman–Crippen LogP) is 1.04. The highest BCUT2D eigenvalue weighted by atomic mass is 16.8. The molecular weight excluding hydrogens is 778 g/mol. The lowest BCUT2D eigenvalue weighted by atomic mass is 9.68. The molecule has 0 bridgehead atoms. The molecule has 4 aliphatic rings. The van der Waals surface area contributed by atoms with Crippen LogP contribution in [0.2, 0.25) is 0 Å². The molecule has 9 unspecified atom stereocenters. The predicted molar refractivity (Wildman–Crippen MR) is 219 cm³/mol. The fraction of sp³-hybridized carbons (Fsp3) is 0.442. The van der Waals surface area contributed by atoms with E-state index in [1.807, 2.05) is 37.4 Å². The number of hydrogen-bond acceptors (Lipinski definition) is 15. The van der Waals surface area contributed by atoms with Crippen LogP contribution in [0, 0.1) is 0 Å². The van der Waals surface area contributed by atoms with Gasteiger partial charge in [0.2, 0.25) is 0 Å². The molecule has 2 fully saturated rings. The molecule has 3 heterocycles. The van der Waals surface area contributed by atoms with Gasteiger partial charge in [0.1, 0.15) is 36.8 Å². The van der Waals surface area contributed by atoms with Crippen LogP contribution in [0.5, 0.6) is 17.2 Å². The smallest absolute Gasteiger partial charge is 0.355 e. The number of fused-ring (bicyclic) bond motifs is 1. The van der Waals surface area contributed by atoms with Crippen molar-refractivity contribution >= 4 is 35.1 Å². The molecule has 0 radical (unpaired) electrons. The van der Waals surface area contributed by atoms with Gasteiger partial charge in [-0.05, 0) is 67.3 Å². The number of aliphatic hydroxyl groups is 5. The Kier molecular flexibility index (Phi) is 12.4. The van der Waals surface area contributed by atoms with Crippen molar-refractivity contribution in [2.24, 2.45) is 15.7 Å². The number of nitrogens with one attached hydrogen (secondary N) is 1. The van der Waals surface area contributed by atoms with Crippen molar-refractivity contribution in [2.45, 2.75) is 92.3 Å². The van der Waals surface area contributed by atoms with Crippen LogP contribution in [0.25, 0.3) is 6.08 Å². The number of anilines is 1. The second kappa shape index (κ2) is 17.4. The first-order valence-corrected chi connectivity index (χ1v) is 19.9. The van der Waals surface area contributed by atoms with E-state index in [1.54, 1.807) is 12.1 Å². The van der Waals surface area contributed by atoms with Crippen LogP contribution >= 0.6 is 0 Å². The molecule has 3 aromatic carbocycles. The number of carbonyl (C=O) groups excluding carboxylic acids is 1. The van der Waals surface area contributed by atoms with Crippen molar-refractivity contribution in [3.63, 3.8) is 0 Å². The van der Waals surface area contributed by atoms with Crippen LogP contribution in [-0.4, -0.2) is 133 Å². The summed E-state index contributed by atoms with van der Waals surface area (Å²) >= 11 is 0. The maximum atomic E-state index is 14.5. The van der Waals surface area contributed by atoms with Crippen LogP contribution in [0.15, 0.2) is 76.7 Å². The molecular formula is C43H51N5O12. The number of amides is 1. The topological polar surface area (TPSA) is 280 Å². The first-order chi connectivity index (χ1) is 28.7. The number of phenolic OH excluding ortho intramolecular Hbond substituents is 2. The zero-order chi connectivity index (χ0) is 42.9. The number of phenols is 2. The number of carboxylic acids is 1. The highest BCUT2D eigenvalue weighted by molar-refractivity contribution is 6.43. The third-order valence-corrected chi connectivity index (χ3v) is 12.2. The molecule has 1 saturated carbocycles. The lowest BCUT2D eigenvalue weighted by molar-refractivity contribution is -0.422. The minimum atomic E-state index is -3.12. The summed E-state index contributed by atoms with van der Waals surface area (Å²) in [5, 5.41) is 88.6. The molecule has 9 atom stereocenters. The zero-order valence-corrected chi connectivity index (χ0v) is 33.0. The summed E-state index contributed by atoms with van der Waals surface area (Å²) in [6.07, 6.45) is -1.88. The number of carbonyl (C=O) groups is 2. The van der Waals surface area contributed by atoms with Crippen LogP contribution in [0.3, 0.4) is 0 Å². The van der Waals surface area contributed by atoms with E-state index in [9.17, 15) is 50.4 Å². The number of aliphatic hydroxyl groups excluding tert-OH is 4. The van der Waals surface area contributed by atoms with E-state index in [-0.39, 0.29) is 29.5 Å². The molecule has 1 amide bonds. The fourth-order valence-corrected chi connectivity index (χ4v) is 9.07. The Morgan fingerprint density at radius 3 is 2.47 bits per heavy atom. The fourth-order valence-electron chi connectivity index (χ4n) is 9.07. The third-order valence-electron chi connectivity index (χ3n) is 12.2. The van der Waals surface area contributed by atoms with Gasteiger partial charge in [-0.15, -0.1) is 0 Å². The van der Waals surface area contributed by atoms with Crippen molar-refractivity contribution in [1.29, 1.82) is 0 Å². The Morgan fingerprint density at radius 2 is 1.78 bits per heavy atom. The Balaban J connectivity index is 1.27. The van der Waals surface area contributed by atoms with E-state index >= 15 is 0 Å². The number of rotatable bonds is 14. The van der Waals surface area contributed by atoms with Gasteiger partial charge in [0.15, 0.2) is 17.6 Å². The zero-order valence-electron chi connectivity index (χ0n) is 33.0. The Labute approximate surface area is 345 Å². The number of nitrogens with two attached hydrogens (primary N) is 1. The van der Waals surface area contributed by atoms with E-state index in [0.29, 0.717) is 50.0 Å². The average Bonchev–Trinajstić information content (AvgIpc) is 3.93. The number of aromatic hydroxyl groups is 2. The van der Waals surface area contributed by atoms with Gasteiger partial charge in [0, 0.05) is 54.5 Å². The van der Waals surface area contributed by atoms with E-state index in [2.05, 4.69) is 15.3 Å². The van der Waals surface area contributed by atoms with Gasteiger partial charge in [-0.1, -0.05) is 42.8 Å². The van der Waals surface area contributed by atoms with Crippen molar-refractivity contribution < 1.29 is 59.9 Å². The van der Waals surface area contributed by atoms with Crippen molar-refractivity contribution in [1.82, 2.24) is 5.32 Å². The number of aliphatic imine (C=N–C) groups is 2. The monoisotopic (exact) mass is 829 g/mol. The Bertz CT molecular complexity index is 2180. The second-order valence-electron chi connectivity index (χ2n) is 15.8. The minimum absolute atomic E-state index is 0.00292. The van der Waals surface area contributed by atoms with Crippen molar-refractivity contribution in [2.75, 3.05) is 31.8 Å². The standard InChI is InChI=1S/C43H51N5O12/c1-45-15-13-28-29(47-22-46-28)17-24-16-23(9-11-31(24)50)10-12-36(52)48-30-19-33(59-43(58)40(55)39(54)38(53)34(21-49)60-43)32(51)18-26(30)27(37(48)41(56)57)20-42(14-5-8-35(42)44)25-6-3-2-4-7-25/h2-4,6-7,9-12,16,18-19,27,34-35,37-40,45,49-51,53-55,58H,5,8,13-15,17,20-22,44H2,1H3,(H,56,57). The second-order valence-corrected chi connectivity index (χ2v) is 15.8. The SMILES string of the molecule is CNCCC1=NCN=C1Cc1cc(C=CC(=O)N2c3cc(OC4(O)OC(CO)C(O)C(O)C4O)c(O)cc3C(CC3(c4ccccc4)CCCC3N)C2C(=O)O)ccc1O. The highest BCUT2D eigenvalue weighted by Crippen LogP contribution is 2.54. The van der Waals surface area contributed by atoms with Gasteiger partial charge < -0.3 is 61.4 Å². The van der Waals surface area contributed by atoms with Gasteiger partial charge in [0.25, 0.3) is 5.91 Å². The minimum Gasteiger partial charge on any atom is -0.508 e. The molecule has 0 spiro atoms. The summed E-state index contributed by atoms with van der Waals surface area (Å²) in [7, 11) is 1.84. The van der Waals surface area contributed by atoms with E-state index in [1.165, 1.54) is 24.3 Å². The quantitative estimate of drug-likeness (QED) is 0.0804. The van der Waals surface area contributed by atoms with Crippen LogP contribution in [-0.2, 0) is 26.2 Å². The molecule has 17 nitrogen and oxygen atoms in total. The number of ether oxygens (including phenoxy) is 2. The number of nitrogens with zero attached hydrogens (tertiary/aromatic N) is 3. The molecule has 320 valence electrons. The summed E-state index contributed by atoms with van der Waals surface area (Å²) < 4.78 is 10.8.